The number of aromatic nitrogens is 2. The van der Waals surface area contributed by atoms with Crippen LogP contribution in [-0.2, 0) is 4.74 Å². The van der Waals surface area contributed by atoms with Gasteiger partial charge in [0.25, 0.3) is 0 Å². The van der Waals surface area contributed by atoms with Gasteiger partial charge in [-0.1, -0.05) is 11.6 Å². The summed E-state index contributed by atoms with van der Waals surface area (Å²) >= 11 is 6.11. The number of halogens is 2. The van der Waals surface area contributed by atoms with Crippen LogP contribution in [-0.4, -0.2) is 29.8 Å². The number of nitrogens with one attached hydrogen (secondary N) is 1. The van der Waals surface area contributed by atoms with E-state index in [-0.39, 0.29) is 5.82 Å². The Balaban J connectivity index is 2.35. The second kappa shape index (κ2) is 6.04. The molecule has 0 aliphatic carbocycles. The van der Waals surface area contributed by atoms with Crippen LogP contribution in [0.1, 0.15) is 5.69 Å². The smallest absolute Gasteiger partial charge is 0.207 e. The van der Waals surface area contributed by atoms with Crippen molar-refractivity contribution < 1.29 is 9.13 Å². The van der Waals surface area contributed by atoms with E-state index in [1.54, 1.807) is 17.9 Å². The van der Waals surface area contributed by atoms with Gasteiger partial charge in [0.15, 0.2) is 0 Å². The third kappa shape index (κ3) is 3.24. The maximum atomic E-state index is 13.3. The van der Waals surface area contributed by atoms with E-state index in [9.17, 15) is 4.39 Å². The molecule has 0 spiro atoms. The average molecular weight is 284 g/mol. The number of hydrogen-bond acceptors (Lipinski definition) is 3. The molecule has 19 heavy (non-hydrogen) atoms. The quantitative estimate of drug-likeness (QED) is 0.857. The average Bonchev–Trinajstić information content (AvgIpc) is 2.74. The summed E-state index contributed by atoms with van der Waals surface area (Å²) in [6.45, 7) is 3.04. The van der Waals surface area contributed by atoms with E-state index < -0.39 is 0 Å². The minimum atomic E-state index is -0.339. The Kier molecular flexibility index (Phi) is 4.39. The lowest BCUT2D eigenvalue weighted by Crippen LogP contribution is -2.11. The molecule has 1 aromatic carbocycles. The summed E-state index contributed by atoms with van der Waals surface area (Å²) in [5.74, 6) is 0.274. The lowest BCUT2D eigenvalue weighted by Gasteiger charge is -2.11. The van der Waals surface area contributed by atoms with Crippen molar-refractivity contribution in [3.8, 4) is 5.69 Å². The van der Waals surface area contributed by atoms with Crippen LogP contribution in [0.4, 0.5) is 10.3 Å². The van der Waals surface area contributed by atoms with Crippen LogP contribution in [0.15, 0.2) is 24.4 Å². The van der Waals surface area contributed by atoms with Gasteiger partial charge < -0.3 is 10.1 Å². The van der Waals surface area contributed by atoms with Gasteiger partial charge in [-0.15, -0.1) is 0 Å². The fourth-order valence-electron chi connectivity index (χ4n) is 1.74. The highest BCUT2D eigenvalue weighted by Crippen LogP contribution is 2.25. The number of ether oxygens (including phenoxy) is 1. The molecule has 6 heteroatoms. The molecule has 2 rings (SSSR count). The van der Waals surface area contributed by atoms with Crippen molar-refractivity contribution in [3.05, 3.63) is 40.9 Å². The SMILES string of the molecule is COCCNc1nc(C)cn1-c1cc(F)ccc1Cl. The zero-order chi connectivity index (χ0) is 13.8. The standard InChI is InChI=1S/C13H15ClFN3O/c1-9-8-18(13(17-9)16-5-6-19-2)12-7-10(15)3-4-11(12)14/h3-4,7-8H,5-6H2,1-2H3,(H,16,17). The topological polar surface area (TPSA) is 39.1 Å². The molecule has 0 unspecified atom stereocenters. The van der Waals surface area contributed by atoms with Crippen molar-refractivity contribution >= 4 is 17.5 Å². The summed E-state index contributed by atoms with van der Waals surface area (Å²) in [7, 11) is 1.63. The van der Waals surface area contributed by atoms with Crippen molar-refractivity contribution in [3.63, 3.8) is 0 Å². The Bertz CT molecular complexity index is 571. The molecule has 0 aliphatic heterocycles. The summed E-state index contributed by atoms with van der Waals surface area (Å²) in [5.41, 5.74) is 1.38. The lowest BCUT2D eigenvalue weighted by molar-refractivity contribution is 0.210. The van der Waals surface area contributed by atoms with Crippen molar-refractivity contribution in [2.24, 2.45) is 0 Å². The zero-order valence-corrected chi connectivity index (χ0v) is 11.5. The normalized spacial score (nSPS) is 10.7. The fraction of sp³-hybridized carbons (Fsp3) is 0.308. The highest BCUT2D eigenvalue weighted by Gasteiger charge is 2.11. The van der Waals surface area contributed by atoms with E-state index in [1.807, 2.05) is 6.92 Å². The van der Waals surface area contributed by atoms with Crippen molar-refractivity contribution in [2.45, 2.75) is 6.92 Å². The predicted octanol–water partition coefficient (Wildman–Crippen LogP) is 3.03. The van der Waals surface area contributed by atoms with Gasteiger partial charge >= 0.3 is 0 Å². The fourth-order valence-corrected chi connectivity index (χ4v) is 1.95. The van der Waals surface area contributed by atoms with Crippen LogP contribution in [0.2, 0.25) is 5.02 Å². The van der Waals surface area contributed by atoms with Gasteiger partial charge in [0.05, 0.1) is 23.0 Å². The molecule has 1 N–H and O–H groups in total. The van der Waals surface area contributed by atoms with Gasteiger partial charge in [0.2, 0.25) is 5.95 Å². The van der Waals surface area contributed by atoms with E-state index >= 15 is 0 Å². The second-order valence-corrected chi connectivity index (χ2v) is 4.50. The molecule has 1 heterocycles. The first kappa shape index (κ1) is 13.8. The van der Waals surface area contributed by atoms with Crippen LogP contribution in [0.25, 0.3) is 5.69 Å². The Morgan fingerprint density at radius 1 is 1.47 bits per heavy atom. The Morgan fingerprint density at radius 2 is 2.26 bits per heavy atom. The maximum absolute atomic E-state index is 13.3. The molecule has 0 radical (unpaired) electrons. The molecule has 1 aromatic heterocycles. The second-order valence-electron chi connectivity index (χ2n) is 4.09. The van der Waals surface area contributed by atoms with Crippen LogP contribution in [0.3, 0.4) is 0 Å². The number of aryl methyl sites for hydroxylation is 1. The first-order chi connectivity index (χ1) is 9.11. The monoisotopic (exact) mass is 283 g/mol. The van der Waals surface area contributed by atoms with Gasteiger partial charge in [-0.3, -0.25) is 4.57 Å². The number of imidazole rings is 1. The number of anilines is 1. The minimum absolute atomic E-state index is 0.339. The first-order valence-corrected chi connectivity index (χ1v) is 6.24. The molecule has 102 valence electrons. The molecule has 0 amide bonds. The highest BCUT2D eigenvalue weighted by atomic mass is 35.5. The third-order valence-corrected chi connectivity index (χ3v) is 2.90. The van der Waals surface area contributed by atoms with Crippen molar-refractivity contribution in [2.75, 3.05) is 25.6 Å². The number of rotatable bonds is 5. The molecule has 0 bridgehead atoms. The Labute approximate surface area is 116 Å². The molecule has 0 saturated carbocycles. The van der Waals surface area contributed by atoms with E-state index in [1.165, 1.54) is 18.2 Å². The van der Waals surface area contributed by atoms with Gasteiger partial charge in [-0.25, -0.2) is 9.37 Å². The molecule has 2 aromatic rings. The lowest BCUT2D eigenvalue weighted by atomic mass is 10.3. The van der Waals surface area contributed by atoms with E-state index in [0.29, 0.717) is 29.8 Å². The third-order valence-electron chi connectivity index (χ3n) is 2.58. The highest BCUT2D eigenvalue weighted by molar-refractivity contribution is 6.32. The van der Waals surface area contributed by atoms with Gasteiger partial charge in [0.1, 0.15) is 5.82 Å². The van der Waals surface area contributed by atoms with Gasteiger partial charge in [0, 0.05) is 19.9 Å². The summed E-state index contributed by atoms with van der Waals surface area (Å²) < 4.78 is 20.1. The molecule has 0 saturated heterocycles. The number of benzene rings is 1. The summed E-state index contributed by atoms with van der Waals surface area (Å²) in [5, 5.41) is 3.59. The Morgan fingerprint density at radius 3 is 3.00 bits per heavy atom. The largest absolute Gasteiger partial charge is 0.383 e. The maximum Gasteiger partial charge on any atom is 0.207 e. The number of methoxy groups -OCH3 is 1. The molecule has 0 atom stereocenters. The summed E-state index contributed by atoms with van der Waals surface area (Å²) in [6, 6.07) is 4.24. The summed E-state index contributed by atoms with van der Waals surface area (Å²) in [4.78, 5) is 4.34. The number of hydrogen-bond donors (Lipinski definition) is 1. The van der Waals surface area contributed by atoms with E-state index in [4.69, 9.17) is 16.3 Å². The van der Waals surface area contributed by atoms with Crippen molar-refractivity contribution in [1.82, 2.24) is 9.55 Å². The van der Waals surface area contributed by atoms with Crippen LogP contribution < -0.4 is 5.32 Å². The molecule has 4 nitrogen and oxygen atoms in total. The predicted molar refractivity (Wildman–Crippen MR) is 73.6 cm³/mol. The minimum Gasteiger partial charge on any atom is -0.383 e. The van der Waals surface area contributed by atoms with Crippen LogP contribution in [0, 0.1) is 12.7 Å². The Hall–Kier alpha value is -1.59. The van der Waals surface area contributed by atoms with Crippen LogP contribution >= 0.6 is 11.6 Å². The van der Waals surface area contributed by atoms with E-state index in [0.717, 1.165) is 5.69 Å². The van der Waals surface area contributed by atoms with Gasteiger partial charge in [-0.05, 0) is 25.1 Å². The molecular formula is C13H15ClFN3O. The molecule has 0 fully saturated rings. The van der Waals surface area contributed by atoms with E-state index in [2.05, 4.69) is 10.3 Å². The van der Waals surface area contributed by atoms with Crippen molar-refractivity contribution in [1.29, 1.82) is 0 Å². The summed E-state index contributed by atoms with van der Waals surface area (Å²) in [6.07, 6.45) is 1.80. The number of nitrogens with zero attached hydrogens (tertiary/aromatic N) is 2. The first-order valence-electron chi connectivity index (χ1n) is 5.86. The van der Waals surface area contributed by atoms with Crippen LogP contribution in [0.5, 0.6) is 0 Å². The zero-order valence-electron chi connectivity index (χ0n) is 10.8. The van der Waals surface area contributed by atoms with Gasteiger partial charge in [-0.2, -0.15) is 0 Å². The molecular weight excluding hydrogens is 269 g/mol. The molecule has 0 aliphatic rings.